The quantitative estimate of drug-likeness (QED) is 0.858. The molecule has 0 saturated carbocycles. The molecule has 86 valence electrons. The Kier molecular flexibility index (Phi) is 3.15. The molecular weight excluding hydrogens is 202 g/mol. The van der Waals surface area contributed by atoms with E-state index in [2.05, 4.69) is 18.3 Å². The van der Waals surface area contributed by atoms with Crippen LogP contribution in [0.1, 0.15) is 25.6 Å². The third-order valence-electron chi connectivity index (χ3n) is 2.69. The van der Waals surface area contributed by atoms with Crippen molar-refractivity contribution in [3.8, 4) is 5.75 Å². The van der Waals surface area contributed by atoms with Crippen molar-refractivity contribution in [2.45, 2.75) is 19.9 Å². The normalized spacial score (nSPS) is 12.9. The average Bonchev–Trinajstić information content (AvgIpc) is 2.73. The predicted molar refractivity (Wildman–Crippen MR) is 64.9 cm³/mol. The van der Waals surface area contributed by atoms with Crippen LogP contribution >= 0.6 is 0 Å². The number of hydrogen-bond acceptors (Lipinski definition) is 3. The third kappa shape index (κ3) is 1.91. The lowest BCUT2D eigenvalue weighted by Gasteiger charge is -2.05. The summed E-state index contributed by atoms with van der Waals surface area (Å²) in [5, 5.41) is 4.25. The van der Waals surface area contributed by atoms with Crippen LogP contribution in [0, 0.1) is 0 Å². The molecule has 0 saturated heterocycles. The van der Waals surface area contributed by atoms with Gasteiger partial charge in [-0.1, -0.05) is 12.1 Å². The van der Waals surface area contributed by atoms with Gasteiger partial charge in [-0.05, 0) is 33.0 Å². The number of hydrogen-bond donors (Lipinski definition) is 1. The molecule has 0 spiro atoms. The maximum absolute atomic E-state index is 5.82. The lowest BCUT2D eigenvalue weighted by molar-refractivity contribution is 0.336. The molecule has 0 aliphatic heterocycles. The van der Waals surface area contributed by atoms with Crippen LogP contribution in [0.3, 0.4) is 0 Å². The molecule has 0 fully saturated rings. The van der Waals surface area contributed by atoms with Gasteiger partial charge < -0.3 is 14.5 Å². The Morgan fingerprint density at radius 1 is 1.44 bits per heavy atom. The number of furan rings is 1. The first-order valence-corrected chi connectivity index (χ1v) is 5.58. The van der Waals surface area contributed by atoms with Gasteiger partial charge >= 0.3 is 0 Å². The van der Waals surface area contributed by atoms with Crippen molar-refractivity contribution in [2.75, 3.05) is 13.7 Å². The van der Waals surface area contributed by atoms with E-state index in [9.17, 15) is 0 Å². The first-order valence-electron chi connectivity index (χ1n) is 5.58. The van der Waals surface area contributed by atoms with Gasteiger partial charge in [0.1, 0.15) is 5.76 Å². The standard InChI is InChI=1S/C13H17NO2/c1-4-15-11-7-5-6-10-8-12(9(2)14-3)16-13(10)11/h5-9,14H,4H2,1-3H3. The molecule has 1 aromatic carbocycles. The molecule has 3 heteroatoms. The zero-order chi connectivity index (χ0) is 11.5. The molecule has 1 heterocycles. The molecule has 0 aliphatic carbocycles. The molecule has 16 heavy (non-hydrogen) atoms. The summed E-state index contributed by atoms with van der Waals surface area (Å²) in [6.45, 7) is 4.69. The van der Waals surface area contributed by atoms with Crippen molar-refractivity contribution in [1.29, 1.82) is 0 Å². The molecule has 1 N–H and O–H groups in total. The summed E-state index contributed by atoms with van der Waals surface area (Å²) in [5.41, 5.74) is 0.835. The van der Waals surface area contributed by atoms with Crippen LogP contribution in [0.25, 0.3) is 11.0 Å². The molecule has 3 nitrogen and oxygen atoms in total. The van der Waals surface area contributed by atoms with Gasteiger partial charge in [-0.2, -0.15) is 0 Å². The van der Waals surface area contributed by atoms with Gasteiger partial charge in [0, 0.05) is 5.39 Å². The molecule has 1 unspecified atom stereocenters. The van der Waals surface area contributed by atoms with Crippen LogP contribution in [-0.4, -0.2) is 13.7 Å². The van der Waals surface area contributed by atoms with Crippen LogP contribution < -0.4 is 10.1 Å². The molecule has 0 bridgehead atoms. The topological polar surface area (TPSA) is 34.4 Å². The van der Waals surface area contributed by atoms with E-state index in [1.165, 1.54) is 0 Å². The highest BCUT2D eigenvalue weighted by molar-refractivity contribution is 5.83. The molecule has 1 atom stereocenters. The second-order valence-corrected chi connectivity index (χ2v) is 3.77. The summed E-state index contributed by atoms with van der Waals surface area (Å²) in [4.78, 5) is 0. The molecule has 2 aromatic rings. The van der Waals surface area contributed by atoms with Crippen LogP contribution in [0.5, 0.6) is 5.75 Å². The fraction of sp³-hybridized carbons (Fsp3) is 0.385. The van der Waals surface area contributed by atoms with E-state index < -0.39 is 0 Å². The fourth-order valence-electron chi connectivity index (χ4n) is 1.68. The lowest BCUT2D eigenvalue weighted by atomic mass is 10.2. The predicted octanol–water partition coefficient (Wildman–Crippen LogP) is 3.11. The van der Waals surface area contributed by atoms with Gasteiger partial charge in [-0.15, -0.1) is 0 Å². The summed E-state index contributed by atoms with van der Waals surface area (Å²) in [6.07, 6.45) is 0. The minimum atomic E-state index is 0.210. The van der Waals surface area contributed by atoms with Crippen molar-refractivity contribution >= 4 is 11.0 Å². The molecule has 0 radical (unpaired) electrons. The SMILES string of the molecule is CCOc1cccc2cc(C(C)NC)oc12. The summed E-state index contributed by atoms with van der Waals surface area (Å²) in [5.74, 6) is 1.75. The Labute approximate surface area is 95.4 Å². The molecule has 0 aliphatic rings. The summed E-state index contributed by atoms with van der Waals surface area (Å²) < 4.78 is 11.3. The van der Waals surface area contributed by atoms with Crippen LogP contribution in [0.15, 0.2) is 28.7 Å². The van der Waals surface area contributed by atoms with Crippen LogP contribution in [0.4, 0.5) is 0 Å². The van der Waals surface area contributed by atoms with Crippen molar-refractivity contribution in [1.82, 2.24) is 5.32 Å². The van der Waals surface area contributed by atoms with Gasteiger partial charge in [0.2, 0.25) is 0 Å². The lowest BCUT2D eigenvalue weighted by Crippen LogP contribution is -2.10. The number of ether oxygens (including phenoxy) is 1. The van der Waals surface area contributed by atoms with Crippen molar-refractivity contribution in [2.24, 2.45) is 0 Å². The highest BCUT2D eigenvalue weighted by Gasteiger charge is 2.12. The Hall–Kier alpha value is -1.48. The third-order valence-corrected chi connectivity index (χ3v) is 2.69. The zero-order valence-corrected chi connectivity index (χ0v) is 9.91. The van der Waals surface area contributed by atoms with Gasteiger partial charge in [-0.25, -0.2) is 0 Å². The molecule has 2 rings (SSSR count). The second kappa shape index (κ2) is 4.58. The smallest absolute Gasteiger partial charge is 0.176 e. The van der Waals surface area contributed by atoms with Gasteiger partial charge in [-0.3, -0.25) is 0 Å². The summed E-state index contributed by atoms with van der Waals surface area (Å²) >= 11 is 0. The number of para-hydroxylation sites is 1. The van der Waals surface area contributed by atoms with Gasteiger partial charge in [0.25, 0.3) is 0 Å². The fourth-order valence-corrected chi connectivity index (χ4v) is 1.68. The maximum Gasteiger partial charge on any atom is 0.176 e. The van der Waals surface area contributed by atoms with E-state index in [-0.39, 0.29) is 6.04 Å². The van der Waals surface area contributed by atoms with E-state index in [1.807, 2.05) is 32.2 Å². The number of fused-ring (bicyclic) bond motifs is 1. The molecule has 0 amide bonds. The van der Waals surface area contributed by atoms with Crippen molar-refractivity contribution in [3.63, 3.8) is 0 Å². The number of rotatable bonds is 4. The minimum Gasteiger partial charge on any atom is -0.490 e. The Morgan fingerprint density at radius 3 is 2.94 bits per heavy atom. The minimum absolute atomic E-state index is 0.210. The molecular formula is C13H17NO2. The zero-order valence-electron chi connectivity index (χ0n) is 9.91. The number of benzene rings is 1. The van der Waals surface area contributed by atoms with E-state index in [0.29, 0.717) is 6.61 Å². The van der Waals surface area contributed by atoms with E-state index >= 15 is 0 Å². The van der Waals surface area contributed by atoms with Crippen molar-refractivity contribution < 1.29 is 9.15 Å². The van der Waals surface area contributed by atoms with Gasteiger partial charge in [0.15, 0.2) is 11.3 Å². The Balaban J connectivity index is 2.48. The van der Waals surface area contributed by atoms with E-state index in [1.54, 1.807) is 0 Å². The molecule has 1 aromatic heterocycles. The van der Waals surface area contributed by atoms with E-state index in [4.69, 9.17) is 9.15 Å². The van der Waals surface area contributed by atoms with E-state index in [0.717, 1.165) is 22.5 Å². The van der Waals surface area contributed by atoms with Crippen LogP contribution in [0.2, 0.25) is 0 Å². The van der Waals surface area contributed by atoms with Crippen LogP contribution in [-0.2, 0) is 0 Å². The monoisotopic (exact) mass is 219 g/mol. The maximum atomic E-state index is 5.82. The second-order valence-electron chi connectivity index (χ2n) is 3.77. The Morgan fingerprint density at radius 2 is 2.25 bits per heavy atom. The first-order chi connectivity index (χ1) is 7.76. The summed E-state index contributed by atoms with van der Waals surface area (Å²) in [6, 6.07) is 8.22. The summed E-state index contributed by atoms with van der Waals surface area (Å²) in [7, 11) is 1.92. The van der Waals surface area contributed by atoms with Crippen molar-refractivity contribution in [3.05, 3.63) is 30.0 Å². The number of nitrogens with one attached hydrogen (secondary N) is 1. The van der Waals surface area contributed by atoms with Gasteiger partial charge in [0.05, 0.1) is 12.6 Å². The highest BCUT2D eigenvalue weighted by Crippen LogP contribution is 2.30. The highest BCUT2D eigenvalue weighted by atomic mass is 16.5. The Bertz CT molecular complexity index is 476. The largest absolute Gasteiger partial charge is 0.490 e. The first kappa shape index (κ1) is 11.0. The average molecular weight is 219 g/mol.